The first-order valence-corrected chi connectivity index (χ1v) is 5.16. The van der Waals surface area contributed by atoms with Gasteiger partial charge in [0.2, 0.25) is 0 Å². The molecule has 0 amide bonds. The average molecular weight is 184 g/mol. The molecule has 12 heavy (non-hydrogen) atoms. The van der Waals surface area contributed by atoms with Crippen LogP contribution in [-0.4, -0.2) is 13.1 Å². The monoisotopic (exact) mass is 184 g/mol. The number of nitrogens with one attached hydrogen (secondary N) is 1. The third-order valence-corrected chi connectivity index (χ3v) is 2.92. The van der Waals surface area contributed by atoms with Crippen LogP contribution in [0, 0.1) is 0 Å². The Morgan fingerprint density at radius 1 is 1.42 bits per heavy atom. The van der Waals surface area contributed by atoms with E-state index in [9.17, 15) is 0 Å². The standard InChI is InChI=1S/C9H16N2S/c1-2-8-3-4-9(12-8)7-11-6-5-10/h3-4,11H,2,5-7,10H2,1H3. The summed E-state index contributed by atoms with van der Waals surface area (Å²) in [5.41, 5.74) is 5.36. The van der Waals surface area contributed by atoms with E-state index in [4.69, 9.17) is 5.73 Å². The highest BCUT2D eigenvalue weighted by atomic mass is 32.1. The Bertz CT molecular complexity index is 220. The molecule has 3 N–H and O–H groups in total. The molecular weight excluding hydrogens is 168 g/mol. The highest BCUT2D eigenvalue weighted by Crippen LogP contribution is 2.16. The lowest BCUT2D eigenvalue weighted by Gasteiger charge is -1.98. The Labute approximate surface area is 77.8 Å². The van der Waals surface area contributed by atoms with Crippen LogP contribution in [0.25, 0.3) is 0 Å². The number of aryl methyl sites for hydroxylation is 1. The summed E-state index contributed by atoms with van der Waals surface area (Å²) in [5, 5.41) is 3.27. The number of hydrogen-bond acceptors (Lipinski definition) is 3. The number of thiophene rings is 1. The molecule has 0 radical (unpaired) electrons. The van der Waals surface area contributed by atoms with Crippen LogP contribution in [0.4, 0.5) is 0 Å². The van der Waals surface area contributed by atoms with Crippen molar-refractivity contribution < 1.29 is 0 Å². The summed E-state index contributed by atoms with van der Waals surface area (Å²) in [6.07, 6.45) is 1.14. The lowest BCUT2D eigenvalue weighted by atomic mass is 10.3. The van der Waals surface area contributed by atoms with E-state index in [1.54, 1.807) is 0 Å². The molecule has 68 valence electrons. The van der Waals surface area contributed by atoms with Gasteiger partial charge in [-0.25, -0.2) is 0 Å². The maximum Gasteiger partial charge on any atom is 0.0300 e. The predicted molar refractivity (Wildman–Crippen MR) is 54.5 cm³/mol. The van der Waals surface area contributed by atoms with Gasteiger partial charge < -0.3 is 11.1 Å². The highest BCUT2D eigenvalue weighted by Gasteiger charge is 1.96. The summed E-state index contributed by atoms with van der Waals surface area (Å²) in [4.78, 5) is 2.86. The molecule has 0 saturated heterocycles. The zero-order valence-electron chi connectivity index (χ0n) is 7.47. The van der Waals surface area contributed by atoms with E-state index in [1.165, 1.54) is 9.75 Å². The van der Waals surface area contributed by atoms with Gasteiger partial charge in [-0.3, -0.25) is 0 Å². The molecule has 1 aromatic rings. The number of nitrogens with two attached hydrogens (primary N) is 1. The van der Waals surface area contributed by atoms with Gasteiger partial charge in [-0.15, -0.1) is 11.3 Å². The molecule has 0 aromatic carbocycles. The zero-order valence-corrected chi connectivity index (χ0v) is 8.29. The van der Waals surface area contributed by atoms with Crippen molar-refractivity contribution in [3.63, 3.8) is 0 Å². The fourth-order valence-corrected chi connectivity index (χ4v) is 1.95. The normalized spacial score (nSPS) is 10.5. The Balaban J connectivity index is 2.31. The van der Waals surface area contributed by atoms with Crippen molar-refractivity contribution in [2.45, 2.75) is 19.9 Å². The summed E-state index contributed by atoms with van der Waals surface area (Å²) >= 11 is 1.88. The fraction of sp³-hybridized carbons (Fsp3) is 0.556. The number of rotatable bonds is 5. The molecule has 1 heterocycles. The van der Waals surface area contributed by atoms with Crippen LogP contribution in [0.5, 0.6) is 0 Å². The largest absolute Gasteiger partial charge is 0.329 e. The van der Waals surface area contributed by atoms with Crippen LogP contribution in [0.2, 0.25) is 0 Å². The van der Waals surface area contributed by atoms with Gasteiger partial charge in [0.1, 0.15) is 0 Å². The summed E-state index contributed by atoms with van der Waals surface area (Å²) in [7, 11) is 0. The molecule has 0 saturated carbocycles. The Morgan fingerprint density at radius 2 is 2.17 bits per heavy atom. The molecule has 0 atom stereocenters. The first-order chi connectivity index (χ1) is 5.86. The molecule has 1 rings (SSSR count). The second-order valence-corrected chi connectivity index (χ2v) is 3.94. The number of hydrogen-bond donors (Lipinski definition) is 2. The van der Waals surface area contributed by atoms with Crippen LogP contribution in [-0.2, 0) is 13.0 Å². The van der Waals surface area contributed by atoms with Crippen LogP contribution in [0.3, 0.4) is 0 Å². The van der Waals surface area contributed by atoms with Crippen molar-refractivity contribution in [3.05, 3.63) is 21.9 Å². The van der Waals surface area contributed by atoms with E-state index < -0.39 is 0 Å². The molecule has 3 heteroatoms. The molecular formula is C9H16N2S. The van der Waals surface area contributed by atoms with Gasteiger partial charge in [0, 0.05) is 29.4 Å². The SMILES string of the molecule is CCc1ccc(CNCCN)s1. The van der Waals surface area contributed by atoms with Gasteiger partial charge >= 0.3 is 0 Å². The first-order valence-electron chi connectivity index (χ1n) is 4.35. The lowest BCUT2D eigenvalue weighted by molar-refractivity contribution is 0.702. The summed E-state index contributed by atoms with van der Waals surface area (Å²) in [6, 6.07) is 4.39. The quantitative estimate of drug-likeness (QED) is 0.678. The summed E-state index contributed by atoms with van der Waals surface area (Å²) < 4.78 is 0. The van der Waals surface area contributed by atoms with Crippen LogP contribution in [0.1, 0.15) is 16.7 Å². The molecule has 0 aliphatic heterocycles. The van der Waals surface area contributed by atoms with Crippen molar-refractivity contribution in [3.8, 4) is 0 Å². The van der Waals surface area contributed by atoms with Crippen molar-refractivity contribution in [1.82, 2.24) is 5.32 Å². The molecule has 1 aromatic heterocycles. The maximum atomic E-state index is 5.36. The minimum atomic E-state index is 0.714. The molecule has 2 nitrogen and oxygen atoms in total. The van der Waals surface area contributed by atoms with Crippen LogP contribution < -0.4 is 11.1 Å². The fourth-order valence-electron chi connectivity index (χ4n) is 1.02. The van der Waals surface area contributed by atoms with Crippen molar-refractivity contribution in [1.29, 1.82) is 0 Å². The minimum Gasteiger partial charge on any atom is -0.329 e. The van der Waals surface area contributed by atoms with Gasteiger partial charge in [0.15, 0.2) is 0 Å². The van der Waals surface area contributed by atoms with Crippen molar-refractivity contribution in [2.75, 3.05) is 13.1 Å². The van der Waals surface area contributed by atoms with E-state index in [0.717, 1.165) is 19.5 Å². The molecule has 0 aliphatic carbocycles. The smallest absolute Gasteiger partial charge is 0.0300 e. The van der Waals surface area contributed by atoms with E-state index in [0.29, 0.717) is 6.54 Å². The second-order valence-electron chi connectivity index (χ2n) is 2.69. The van der Waals surface area contributed by atoms with Crippen LogP contribution >= 0.6 is 11.3 Å². The predicted octanol–water partition coefficient (Wildman–Crippen LogP) is 1.36. The second kappa shape index (κ2) is 5.30. The zero-order chi connectivity index (χ0) is 8.81. The molecule has 0 bridgehead atoms. The van der Waals surface area contributed by atoms with Gasteiger partial charge in [-0.2, -0.15) is 0 Å². The molecule has 0 fully saturated rings. The third-order valence-electron chi connectivity index (χ3n) is 1.69. The molecule has 0 unspecified atom stereocenters. The summed E-state index contributed by atoms with van der Waals surface area (Å²) in [5.74, 6) is 0. The maximum absolute atomic E-state index is 5.36. The van der Waals surface area contributed by atoms with Crippen LogP contribution in [0.15, 0.2) is 12.1 Å². The Kier molecular flexibility index (Phi) is 4.29. The van der Waals surface area contributed by atoms with Gasteiger partial charge in [0.25, 0.3) is 0 Å². The van der Waals surface area contributed by atoms with Gasteiger partial charge in [0.05, 0.1) is 0 Å². The lowest BCUT2D eigenvalue weighted by Crippen LogP contribution is -2.21. The minimum absolute atomic E-state index is 0.714. The Hall–Kier alpha value is -0.380. The topological polar surface area (TPSA) is 38.0 Å². The van der Waals surface area contributed by atoms with E-state index in [2.05, 4.69) is 24.4 Å². The van der Waals surface area contributed by atoms with Crippen molar-refractivity contribution in [2.24, 2.45) is 5.73 Å². The molecule has 0 spiro atoms. The third kappa shape index (κ3) is 2.93. The van der Waals surface area contributed by atoms with Gasteiger partial charge in [-0.05, 0) is 18.6 Å². The van der Waals surface area contributed by atoms with E-state index in [-0.39, 0.29) is 0 Å². The van der Waals surface area contributed by atoms with Crippen molar-refractivity contribution >= 4 is 11.3 Å². The average Bonchev–Trinajstić information content (AvgIpc) is 2.53. The summed E-state index contributed by atoms with van der Waals surface area (Å²) in [6.45, 7) is 4.76. The van der Waals surface area contributed by atoms with E-state index in [1.807, 2.05) is 11.3 Å². The first kappa shape index (κ1) is 9.71. The highest BCUT2D eigenvalue weighted by molar-refractivity contribution is 7.11. The Morgan fingerprint density at radius 3 is 2.75 bits per heavy atom. The molecule has 0 aliphatic rings. The van der Waals surface area contributed by atoms with Gasteiger partial charge in [-0.1, -0.05) is 6.92 Å². The van der Waals surface area contributed by atoms with E-state index >= 15 is 0 Å².